The van der Waals surface area contributed by atoms with E-state index in [0.717, 1.165) is 5.56 Å². The SMILES string of the molecule is OCC(CNCc1ccccc1)C(O)c1ccc(F)c(Cl)c1.[Ca+2].[Cl-].[Cl-]. The second-order valence-corrected chi connectivity index (χ2v) is 5.58. The summed E-state index contributed by atoms with van der Waals surface area (Å²) in [6, 6.07) is 13.9. The van der Waals surface area contributed by atoms with Crippen molar-refractivity contribution < 1.29 is 39.4 Å². The third-order valence-electron chi connectivity index (χ3n) is 3.54. The van der Waals surface area contributed by atoms with Crippen molar-refractivity contribution >= 4 is 49.3 Å². The fraction of sp³-hybridized carbons (Fsp3) is 0.294. The zero-order chi connectivity index (χ0) is 15.9. The predicted molar refractivity (Wildman–Crippen MR) is 90.8 cm³/mol. The maximum Gasteiger partial charge on any atom is 2.00 e. The molecule has 2 rings (SSSR count). The van der Waals surface area contributed by atoms with E-state index >= 15 is 0 Å². The average Bonchev–Trinajstić information content (AvgIpc) is 2.54. The van der Waals surface area contributed by atoms with Crippen LogP contribution in [-0.4, -0.2) is 61.1 Å². The van der Waals surface area contributed by atoms with Crippen LogP contribution in [0.1, 0.15) is 17.2 Å². The molecule has 0 amide bonds. The summed E-state index contributed by atoms with van der Waals surface area (Å²) in [4.78, 5) is 0. The van der Waals surface area contributed by atoms with E-state index in [1.54, 1.807) is 0 Å². The topological polar surface area (TPSA) is 52.5 Å². The van der Waals surface area contributed by atoms with E-state index in [2.05, 4.69) is 5.32 Å². The molecule has 8 heteroatoms. The molecule has 0 aliphatic carbocycles. The van der Waals surface area contributed by atoms with Crippen molar-refractivity contribution in [3.8, 4) is 0 Å². The first-order chi connectivity index (χ1) is 10.6. The number of nitrogens with one attached hydrogen (secondary N) is 1. The molecule has 0 fully saturated rings. The number of hydrogen-bond donors (Lipinski definition) is 3. The molecule has 0 aliphatic heterocycles. The normalized spacial score (nSPS) is 12.2. The molecule has 2 aromatic carbocycles. The summed E-state index contributed by atoms with van der Waals surface area (Å²) in [5.74, 6) is -0.925. The summed E-state index contributed by atoms with van der Waals surface area (Å²) in [5, 5.41) is 22.9. The van der Waals surface area contributed by atoms with Crippen molar-refractivity contribution in [3.63, 3.8) is 0 Å². The summed E-state index contributed by atoms with van der Waals surface area (Å²) in [5.41, 5.74) is 1.62. The van der Waals surface area contributed by atoms with Gasteiger partial charge in [-0.05, 0) is 23.3 Å². The van der Waals surface area contributed by atoms with Crippen molar-refractivity contribution in [3.05, 3.63) is 70.5 Å². The standard InChI is InChI=1S/C17H19ClFNO2.Ca.2ClH/c18-15-8-13(6-7-16(15)19)17(22)14(11-21)10-20-9-12-4-2-1-3-5-12;;;/h1-8,14,17,20-22H,9-11H2;;2*1H/q;+2;;/p-2. The van der Waals surface area contributed by atoms with Gasteiger partial charge in [0, 0.05) is 25.6 Å². The molecule has 0 radical (unpaired) electrons. The molecule has 0 spiro atoms. The fourth-order valence-electron chi connectivity index (χ4n) is 2.24. The fourth-order valence-corrected chi connectivity index (χ4v) is 2.43. The van der Waals surface area contributed by atoms with E-state index in [-0.39, 0.29) is 74.2 Å². The second kappa shape index (κ2) is 14.4. The van der Waals surface area contributed by atoms with Crippen LogP contribution < -0.4 is 30.1 Å². The molecule has 0 heterocycles. The molecule has 3 N–H and O–H groups in total. The third-order valence-corrected chi connectivity index (χ3v) is 3.83. The van der Waals surface area contributed by atoms with Gasteiger partial charge in [0.1, 0.15) is 5.82 Å². The van der Waals surface area contributed by atoms with Crippen molar-refractivity contribution in [1.82, 2.24) is 5.32 Å². The molecule has 0 aliphatic rings. The summed E-state index contributed by atoms with van der Waals surface area (Å²) in [7, 11) is 0. The monoisotopic (exact) mass is 433 g/mol. The maximum absolute atomic E-state index is 13.2. The Labute approximate surface area is 194 Å². The first-order valence-electron chi connectivity index (χ1n) is 7.10. The van der Waals surface area contributed by atoms with Crippen LogP contribution in [0.25, 0.3) is 0 Å². The van der Waals surface area contributed by atoms with Crippen LogP contribution in [0.2, 0.25) is 5.02 Å². The predicted octanol–water partition coefficient (Wildman–Crippen LogP) is -3.46. The van der Waals surface area contributed by atoms with Crippen LogP contribution in [0.3, 0.4) is 0 Å². The Morgan fingerprint density at radius 2 is 1.72 bits per heavy atom. The molecule has 3 nitrogen and oxygen atoms in total. The van der Waals surface area contributed by atoms with Gasteiger partial charge in [0.2, 0.25) is 0 Å². The van der Waals surface area contributed by atoms with E-state index in [1.165, 1.54) is 18.2 Å². The summed E-state index contributed by atoms with van der Waals surface area (Å²) in [6.07, 6.45) is -0.911. The minimum absolute atomic E-state index is 0. The van der Waals surface area contributed by atoms with Crippen molar-refractivity contribution in [1.29, 1.82) is 0 Å². The summed E-state index contributed by atoms with van der Waals surface area (Å²) >= 11 is 5.73. The molecule has 0 saturated carbocycles. The second-order valence-electron chi connectivity index (χ2n) is 5.18. The van der Waals surface area contributed by atoms with Gasteiger partial charge in [-0.3, -0.25) is 0 Å². The Morgan fingerprint density at radius 3 is 2.28 bits per heavy atom. The van der Waals surface area contributed by atoms with Gasteiger partial charge >= 0.3 is 37.7 Å². The van der Waals surface area contributed by atoms with Gasteiger partial charge < -0.3 is 40.3 Å². The van der Waals surface area contributed by atoms with Crippen molar-refractivity contribution in [2.24, 2.45) is 5.92 Å². The average molecular weight is 435 g/mol. The Kier molecular flexibility index (Phi) is 15.9. The van der Waals surface area contributed by atoms with Gasteiger partial charge in [-0.2, -0.15) is 0 Å². The molecule has 0 bridgehead atoms. The number of halogens is 4. The Morgan fingerprint density at radius 1 is 1.08 bits per heavy atom. The molecular weight excluding hydrogens is 416 g/mol. The van der Waals surface area contributed by atoms with Crippen LogP contribution in [0, 0.1) is 11.7 Å². The van der Waals surface area contributed by atoms with Gasteiger partial charge in [-0.15, -0.1) is 0 Å². The minimum Gasteiger partial charge on any atom is -1.00 e. The Balaban J connectivity index is 0. The molecular formula is C17H19CaCl3FNO2. The van der Waals surface area contributed by atoms with Crippen LogP contribution in [-0.2, 0) is 6.54 Å². The zero-order valence-electron chi connectivity index (χ0n) is 13.5. The summed E-state index contributed by atoms with van der Waals surface area (Å²) in [6.45, 7) is 0.897. The van der Waals surface area contributed by atoms with Crippen molar-refractivity contribution in [2.75, 3.05) is 13.2 Å². The number of benzene rings is 2. The van der Waals surface area contributed by atoms with Crippen LogP contribution >= 0.6 is 11.6 Å². The van der Waals surface area contributed by atoms with E-state index in [0.29, 0.717) is 18.7 Å². The molecule has 134 valence electrons. The van der Waals surface area contributed by atoms with Crippen molar-refractivity contribution in [2.45, 2.75) is 12.6 Å². The molecule has 25 heavy (non-hydrogen) atoms. The van der Waals surface area contributed by atoms with Gasteiger partial charge in [0.05, 0.1) is 11.1 Å². The molecule has 0 saturated heterocycles. The quantitative estimate of drug-likeness (QED) is 0.397. The van der Waals surface area contributed by atoms with Crippen LogP contribution in [0.15, 0.2) is 48.5 Å². The molecule has 2 unspecified atom stereocenters. The Bertz CT molecular complexity index is 608. The molecule has 0 aromatic heterocycles. The Hall–Kier alpha value is 0.380. The van der Waals surface area contributed by atoms with E-state index in [4.69, 9.17) is 11.6 Å². The minimum atomic E-state index is -0.911. The maximum atomic E-state index is 13.2. The number of hydrogen-bond acceptors (Lipinski definition) is 3. The van der Waals surface area contributed by atoms with Gasteiger partial charge in [0.25, 0.3) is 0 Å². The summed E-state index contributed by atoms with van der Waals surface area (Å²) < 4.78 is 13.2. The molecule has 2 atom stereocenters. The first kappa shape index (κ1) is 27.6. The third kappa shape index (κ3) is 8.74. The number of aliphatic hydroxyl groups excluding tert-OH is 2. The number of aliphatic hydroxyl groups is 2. The van der Waals surface area contributed by atoms with Gasteiger partial charge in [-0.1, -0.05) is 48.0 Å². The van der Waals surface area contributed by atoms with Crippen LogP contribution in [0.5, 0.6) is 0 Å². The van der Waals surface area contributed by atoms with E-state index < -0.39 is 17.8 Å². The van der Waals surface area contributed by atoms with E-state index in [1.807, 2.05) is 30.3 Å². The van der Waals surface area contributed by atoms with Crippen LogP contribution in [0.4, 0.5) is 4.39 Å². The first-order valence-corrected chi connectivity index (χ1v) is 7.48. The molecule has 2 aromatic rings. The largest absolute Gasteiger partial charge is 2.00 e. The van der Waals surface area contributed by atoms with Gasteiger partial charge in [-0.25, -0.2) is 4.39 Å². The van der Waals surface area contributed by atoms with E-state index in [9.17, 15) is 14.6 Å². The van der Waals surface area contributed by atoms with Gasteiger partial charge in [0.15, 0.2) is 0 Å². The number of rotatable bonds is 7. The smallest absolute Gasteiger partial charge is 1.00 e. The zero-order valence-corrected chi connectivity index (χ0v) is 18.0.